The molecule has 2 amide bonds. The highest BCUT2D eigenvalue weighted by atomic mass is 16.2. The van der Waals surface area contributed by atoms with Crippen LogP contribution in [0.2, 0.25) is 0 Å². The van der Waals surface area contributed by atoms with Crippen molar-refractivity contribution in [2.45, 2.75) is 59.2 Å². The monoisotopic (exact) mass is 226 g/mol. The molecule has 16 heavy (non-hydrogen) atoms. The minimum absolute atomic E-state index is 0.000741. The van der Waals surface area contributed by atoms with E-state index in [4.69, 9.17) is 0 Å². The van der Waals surface area contributed by atoms with Gasteiger partial charge in [0.2, 0.25) is 11.8 Å². The molecule has 0 radical (unpaired) electrons. The summed E-state index contributed by atoms with van der Waals surface area (Å²) in [5, 5.41) is 2.79. The molecule has 1 N–H and O–H groups in total. The summed E-state index contributed by atoms with van der Waals surface area (Å²) >= 11 is 0. The van der Waals surface area contributed by atoms with Crippen molar-refractivity contribution in [3.05, 3.63) is 0 Å². The van der Waals surface area contributed by atoms with E-state index in [1.54, 1.807) is 18.7 Å². The number of piperazine rings is 1. The van der Waals surface area contributed by atoms with E-state index in [0.29, 0.717) is 0 Å². The highest BCUT2D eigenvalue weighted by Crippen LogP contribution is 2.24. The molecule has 4 heteroatoms. The summed E-state index contributed by atoms with van der Waals surface area (Å²) < 4.78 is 0. The third-order valence-corrected chi connectivity index (χ3v) is 2.96. The molecule has 1 atom stereocenters. The number of amides is 2. The third-order valence-electron chi connectivity index (χ3n) is 2.96. The maximum atomic E-state index is 12.3. The van der Waals surface area contributed by atoms with Crippen LogP contribution in [-0.4, -0.2) is 34.3 Å². The zero-order valence-corrected chi connectivity index (χ0v) is 11.0. The molecule has 0 aliphatic carbocycles. The SMILES string of the molecule is CC(C)C1C(=O)NC(C)(C)C(=O)N1C(C)C. The summed E-state index contributed by atoms with van der Waals surface area (Å²) in [6, 6.07) is -0.300. The Kier molecular flexibility index (Phi) is 3.31. The molecule has 1 heterocycles. The largest absolute Gasteiger partial charge is 0.340 e. The number of hydrogen-bond acceptors (Lipinski definition) is 2. The Morgan fingerprint density at radius 2 is 1.69 bits per heavy atom. The molecular formula is C12H22N2O2. The minimum atomic E-state index is -0.785. The Morgan fingerprint density at radius 3 is 2.06 bits per heavy atom. The lowest BCUT2D eigenvalue weighted by atomic mass is 9.90. The van der Waals surface area contributed by atoms with Gasteiger partial charge in [-0.15, -0.1) is 0 Å². The van der Waals surface area contributed by atoms with Crippen LogP contribution < -0.4 is 5.32 Å². The van der Waals surface area contributed by atoms with Gasteiger partial charge in [-0.1, -0.05) is 13.8 Å². The Balaban J connectivity index is 3.12. The zero-order valence-electron chi connectivity index (χ0n) is 11.0. The van der Waals surface area contributed by atoms with E-state index >= 15 is 0 Å². The molecule has 1 aliphatic heterocycles. The number of rotatable bonds is 2. The van der Waals surface area contributed by atoms with Crippen LogP contribution in [0.15, 0.2) is 0 Å². The predicted molar refractivity (Wildman–Crippen MR) is 62.8 cm³/mol. The van der Waals surface area contributed by atoms with Crippen LogP contribution in [-0.2, 0) is 9.59 Å². The Hall–Kier alpha value is -1.06. The van der Waals surface area contributed by atoms with Crippen LogP contribution >= 0.6 is 0 Å². The molecule has 1 saturated heterocycles. The van der Waals surface area contributed by atoms with Gasteiger partial charge in [-0.05, 0) is 33.6 Å². The lowest BCUT2D eigenvalue weighted by Crippen LogP contribution is -2.70. The van der Waals surface area contributed by atoms with Crippen molar-refractivity contribution < 1.29 is 9.59 Å². The van der Waals surface area contributed by atoms with Gasteiger partial charge in [0.25, 0.3) is 0 Å². The second kappa shape index (κ2) is 4.07. The fraction of sp³-hybridized carbons (Fsp3) is 0.833. The van der Waals surface area contributed by atoms with Crippen LogP contribution in [0.25, 0.3) is 0 Å². The molecule has 1 aliphatic rings. The van der Waals surface area contributed by atoms with E-state index in [9.17, 15) is 9.59 Å². The topological polar surface area (TPSA) is 49.4 Å². The van der Waals surface area contributed by atoms with E-state index in [1.807, 2.05) is 27.7 Å². The summed E-state index contributed by atoms with van der Waals surface area (Å²) in [5.41, 5.74) is -0.785. The average Bonchev–Trinajstić information content (AvgIpc) is 2.08. The first-order valence-electron chi connectivity index (χ1n) is 5.83. The van der Waals surface area contributed by atoms with Crippen LogP contribution in [0.3, 0.4) is 0 Å². The van der Waals surface area contributed by atoms with Crippen LogP contribution in [0.5, 0.6) is 0 Å². The summed E-state index contributed by atoms with van der Waals surface area (Å²) in [6.07, 6.45) is 0. The normalized spacial score (nSPS) is 25.2. The molecule has 0 spiro atoms. The number of hydrogen-bond donors (Lipinski definition) is 1. The molecule has 0 aromatic rings. The fourth-order valence-electron chi connectivity index (χ4n) is 2.19. The van der Waals surface area contributed by atoms with E-state index in [2.05, 4.69) is 5.32 Å². The van der Waals surface area contributed by atoms with E-state index in [1.165, 1.54) is 0 Å². The standard InChI is InChI=1S/C12H22N2O2/c1-7(2)9-10(15)13-12(5,6)11(16)14(9)8(3)4/h7-9H,1-6H3,(H,13,15). The van der Waals surface area contributed by atoms with Crippen molar-refractivity contribution in [1.29, 1.82) is 0 Å². The first-order valence-corrected chi connectivity index (χ1v) is 5.83. The van der Waals surface area contributed by atoms with E-state index in [0.717, 1.165) is 0 Å². The van der Waals surface area contributed by atoms with Gasteiger partial charge >= 0.3 is 0 Å². The Bertz CT molecular complexity index is 308. The Labute approximate surface area is 97.4 Å². The molecule has 0 aromatic heterocycles. The van der Waals surface area contributed by atoms with Gasteiger partial charge in [0.05, 0.1) is 0 Å². The molecule has 1 unspecified atom stereocenters. The van der Waals surface area contributed by atoms with Crippen molar-refractivity contribution >= 4 is 11.8 Å². The molecule has 4 nitrogen and oxygen atoms in total. The molecule has 0 aromatic carbocycles. The third kappa shape index (κ3) is 2.06. The predicted octanol–water partition coefficient (Wildman–Crippen LogP) is 1.16. The van der Waals surface area contributed by atoms with Crippen LogP contribution in [0.4, 0.5) is 0 Å². The van der Waals surface area contributed by atoms with Gasteiger partial charge in [0.1, 0.15) is 11.6 Å². The van der Waals surface area contributed by atoms with Crippen molar-refractivity contribution in [2.75, 3.05) is 0 Å². The highest BCUT2D eigenvalue weighted by Gasteiger charge is 2.47. The van der Waals surface area contributed by atoms with Crippen molar-refractivity contribution in [3.63, 3.8) is 0 Å². The molecule has 92 valence electrons. The average molecular weight is 226 g/mol. The summed E-state index contributed by atoms with van der Waals surface area (Å²) in [5.74, 6) is 0.0801. The van der Waals surface area contributed by atoms with Crippen molar-refractivity contribution in [2.24, 2.45) is 5.92 Å². The van der Waals surface area contributed by atoms with Crippen molar-refractivity contribution in [3.8, 4) is 0 Å². The maximum Gasteiger partial charge on any atom is 0.248 e. The molecule has 1 fully saturated rings. The van der Waals surface area contributed by atoms with Crippen LogP contribution in [0, 0.1) is 5.92 Å². The van der Waals surface area contributed by atoms with E-state index < -0.39 is 5.54 Å². The smallest absolute Gasteiger partial charge is 0.248 e. The lowest BCUT2D eigenvalue weighted by Gasteiger charge is -2.46. The first-order chi connectivity index (χ1) is 7.18. The maximum absolute atomic E-state index is 12.3. The summed E-state index contributed by atoms with van der Waals surface area (Å²) in [7, 11) is 0. The summed E-state index contributed by atoms with van der Waals surface area (Å²) in [4.78, 5) is 26.0. The Morgan fingerprint density at radius 1 is 1.19 bits per heavy atom. The van der Waals surface area contributed by atoms with Crippen LogP contribution in [0.1, 0.15) is 41.5 Å². The number of nitrogens with zero attached hydrogens (tertiary/aromatic N) is 1. The molecule has 0 saturated carbocycles. The van der Waals surface area contributed by atoms with Gasteiger partial charge in [0.15, 0.2) is 0 Å². The van der Waals surface area contributed by atoms with Gasteiger partial charge in [0, 0.05) is 6.04 Å². The summed E-state index contributed by atoms with van der Waals surface area (Å²) in [6.45, 7) is 11.3. The number of carbonyl (C=O) groups is 2. The molecule has 1 rings (SSSR count). The highest BCUT2D eigenvalue weighted by molar-refractivity contribution is 5.99. The van der Waals surface area contributed by atoms with E-state index in [-0.39, 0.29) is 29.8 Å². The van der Waals surface area contributed by atoms with Gasteiger partial charge in [-0.3, -0.25) is 9.59 Å². The van der Waals surface area contributed by atoms with Crippen molar-refractivity contribution in [1.82, 2.24) is 10.2 Å². The minimum Gasteiger partial charge on any atom is -0.340 e. The molecular weight excluding hydrogens is 204 g/mol. The number of carbonyl (C=O) groups excluding carboxylic acids is 2. The fourth-order valence-corrected chi connectivity index (χ4v) is 2.19. The van der Waals surface area contributed by atoms with Gasteiger partial charge < -0.3 is 10.2 Å². The zero-order chi connectivity index (χ0) is 12.7. The second-order valence-corrected chi connectivity index (χ2v) is 5.61. The molecule has 0 bridgehead atoms. The first kappa shape index (κ1) is 13.0. The van der Waals surface area contributed by atoms with Gasteiger partial charge in [-0.2, -0.15) is 0 Å². The lowest BCUT2D eigenvalue weighted by molar-refractivity contribution is -0.157. The van der Waals surface area contributed by atoms with Gasteiger partial charge in [-0.25, -0.2) is 0 Å². The quantitative estimate of drug-likeness (QED) is 0.768. The number of nitrogens with one attached hydrogen (secondary N) is 1. The second-order valence-electron chi connectivity index (χ2n) is 5.61.